The number of fused-ring (bicyclic) bond motifs is 1. The number of nitro groups is 1. The van der Waals surface area contributed by atoms with Gasteiger partial charge in [-0.05, 0) is 70.0 Å². The zero-order valence-electron chi connectivity index (χ0n) is 15.2. The Bertz CT molecular complexity index is 1230. The number of hydrogen-bond acceptors (Lipinski definition) is 6. The molecule has 0 spiro atoms. The zero-order chi connectivity index (χ0) is 20.4. The maximum atomic E-state index is 11.1. The van der Waals surface area contributed by atoms with Gasteiger partial charge in [0, 0.05) is 17.8 Å². The zero-order valence-corrected chi connectivity index (χ0v) is 16.8. The number of ether oxygens (including phenoxy) is 1. The van der Waals surface area contributed by atoms with Gasteiger partial charge in [0.2, 0.25) is 5.89 Å². The summed E-state index contributed by atoms with van der Waals surface area (Å²) in [5, 5.41) is 11.1. The van der Waals surface area contributed by atoms with Crippen molar-refractivity contribution in [2.24, 2.45) is 4.99 Å². The Morgan fingerprint density at radius 3 is 2.66 bits per heavy atom. The summed E-state index contributed by atoms with van der Waals surface area (Å²) in [6.45, 7) is 0. The minimum atomic E-state index is -0.441. The fourth-order valence-corrected chi connectivity index (χ4v) is 3.14. The molecule has 1 heterocycles. The summed E-state index contributed by atoms with van der Waals surface area (Å²) >= 11 is 3.17. The van der Waals surface area contributed by atoms with E-state index in [1.54, 1.807) is 43.7 Å². The molecule has 0 atom stereocenters. The maximum Gasteiger partial charge on any atom is 0.284 e. The van der Waals surface area contributed by atoms with Gasteiger partial charge in [-0.15, -0.1) is 0 Å². The molecule has 3 aromatic carbocycles. The van der Waals surface area contributed by atoms with Crippen LogP contribution < -0.4 is 4.74 Å². The summed E-state index contributed by atoms with van der Waals surface area (Å²) in [5.74, 6) is 1.27. The lowest BCUT2D eigenvalue weighted by atomic mass is 10.2. The summed E-state index contributed by atoms with van der Waals surface area (Å²) in [6, 6.07) is 17.7. The quantitative estimate of drug-likeness (QED) is 0.213. The van der Waals surface area contributed by atoms with E-state index in [2.05, 4.69) is 25.9 Å². The first-order chi connectivity index (χ1) is 14.0. The lowest BCUT2D eigenvalue weighted by Crippen LogP contribution is -1.91. The number of nitrogens with zero attached hydrogens (tertiary/aromatic N) is 3. The van der Waals surface area contributed by atoms with Gasteiger partial charge >= 0.3 is 0 Å². The highest BCUT2D eigenvalue weighted by Gasteiger charge is 2.12. The predicted molar refractivity (Wildman–Crippen MR) is 114 cm³/mol. The number of methoxy groups -OCH3 is 1. The number of rotatable bonds is 5. The van der Waals surface area contributed by atoms with Crippen LogP contribution in [-0.4, -0.2) is 23.2 Å². The molecule has 0 fully saturated rings. The second kappa shape index (κ2) is 7.84. The highest BCUT2D eigenvalue weighted by atomic mass is 79.9. The molecule has 0 aliphatic heterocycles. The van der Waals surface area contributed by atoms with Crippen molar-refractivity contribution >= 4 is 44.6 Å². The van der Waals surface area contributed by atoms with Crippen LogP contribution in [0.1, 0.15) is 5.56 Å². The van der Waals surface area contributed by atoms with E-state index in [1.807, 2.05) is 24.3 Å². The van der Waals surface area contributed by atoms with Gasteiger partial charge in [0.25, 0.3) is 5.69 Å². The molecule has 0 aliphatic carbocycles. The van der Waals surface area contributed by atoms with Crippen molar-refractivity contribution in [2.45, 2.75) is 0 Å². The third kappa shape index (κ3) is 4.02. The van der Waals surface area contributed by atoms with Crippen LogP contribution in [0.2, 0.25) is 0 Å². The molecular weight excluding hydrogens is 438 g/mol. The normalized spacial score (nSPS) is 11.2. The van der Waals surface area contributed by atoms with E-state index in [0.717, 1.165) is 11.3 Å². The molecule has 4 aromatic rings. The Morgan fingerprint density at radius 1 is 1.14 bits per heavy atom. The van der Waals surface area contributed by atoms with E-state index >= 15 is 0 Å². The summed E-state index contributed by atoms with van der Waals surface area (Å²) in [6.07, 6.45) is 1.57. The van der Waals surface area contributed by atoms with Gasteiger partial charge in [0.1, 0.15) is 11.3 Å². The SMILES string of the molecule is COc1ccc(-c2nc3cc(N=Cc4ccc(Br)c([N+](=O)[O-])c4)ccc3o2)cc1. The minimum Gasteiger partial charge on any atom is -0.497 e. The minimum absolute atomic E-state index is 0.00923. The van der Waals surface area contributed by atoms with Crippen LogP contribution in [0.25, 0.3) is 22.6 Å². The van der Waals surface area contributed by atoms with E-state index in [-0.39, 0.29) is 5.69 Å². The van der Waals surface area contributed by atoms with Crippen LogP contribution in [0.5, 0.6) is 5.75 Å². The fourth-order valence-electron chi connectivity index (χ4n) is 2.75. The molecular formula is C21H14BrN3O4. The summed E-state index contributed by atoms with van der Waals surface area (Å²) in [5.41, 5.74) is 3.44. The molecule has 4 rings (SSSR count). The molecule has 8 heteroatoms. The molecule has 0 aliphatic rings. The molecule has 144 valence electrons. The third-order valence-corrected chi connectivity index (χ3v) is 4.91. The van der Waals surface area contributed by atoms with Crippen LogP contribution in [0.15, 0.2) is 74.5 Å². The van der Waals surface area contributed by atoms with Gasteiger partial charge in [0.05, 0.1) is 22.2 Å². The molecule has 7 nitrogen and oxygen atoms in total. The number of aliphatic imine (C=N–C) groups is 1. The van der Waals surface area contributed by atoms with E-state index < -0.39 is 4.92 Å². The third-order valence-electron chi connectivity index (χ3n) is 4.24. The van der Waals surface area contributed by atoms with Gasteiger partial charge in [0.15, 0.2) is 5.58 Å². The van der Waals surface area contributed by atoms with Crippen LogP contribution in [0, 0.1) is 10.1 Å². The number of nitro benzene ring substituents is 1. The lowest BCUT2D eigenvalue weighted by Gasteiger charge is -1.99. The topological polar surface area (TPSA) is 90.8 Å². The Morgan fingerprint density at radius 2 is 1.93 bits per heavy atom. The number of halogens is 1. The average Bonchev–Trinajstić information content (AvgIpc) is 3.16. The van der Waals surface area contributed by atoms with Crippen molar-refractivity contribution in [3.05, 3.63) is 80.8 Å². The number of oxazole rings is 1. The lowest BCUT2D eigenvalue weighted by molar-refractivity contribution is -0.385. The largest absolute Gasteiger partial charge is 0.497 e. The average molecular weight is 452 g/mol. The van der Waals surface area contributed by atoms with Crippen molar-refractivity contribution in [3.8, 4) is 17.2 Å². The van der Waals surface area contributed by atoms with Crippen molar-refractivity contribution in [1.29, 1.82) is 0 Å². The van der Waals surface area contributed by atoms with Crippen molar-refractivity contribution in [3.63, 3.8) is 0 Å². The first-order valence-electron chi connectivity index (χ1n) is 8.56. The van der Waals surface area contributed by atoms with Gasteiger partial charge in [-0.1, -0.05) is 6.07 Å². The molecule has 0 radical (unpaired) electrons. The van der Waals surface area contributed by atoms with Crippen LogP contribution in [0.4, 0.5) is 11.4 Å². The Labute approximate surface area is 174 Å². The molecule has 0 bridgehead atoms. The van der Waals surface area contributed by atoms with Crippen LogP contribution in [0.3, 0.4) is 0 Å². The summed E-state index contributed by atoms with van der Waals surface area (Å²) < 4.78 is 11.4. The first kappa shape index (κ1) is 18.8. The Kier molecular flexibility index (Phi) is 5.09. The van der Waals surface area contributed by atoms with E-state index in [9.17, 15) is 10.1 Å². The number of hydrogen-bond donors (Lipinski definition) is 0. The number of benzene rings is 3. The van der Waals surface area contributed by atoms with Gasteiger partial charge in [-0.25, -0.2) is 4.98 Å². The smallest absolute Gasteiger partial charge is 0.284 e. The summed E-state index contributed by atoms with van der Waals surface area (Å²) in [4.78, 5) is 19.5. The molecule has 0 saturated heterocycles. The maximum absolute atomic E-state index is 11.1. The number of aromatic nitrogens is 1. The van der Waals surface area contributed by atoms with Crippen LogP contribution in [-0.2, 0) is 0 Å². The molecule has 0 saturated carbocycles. The monoisotopic (exact) mass is 451 g/mol. The molecule has 0 unspecified atom stereocenters. The standard InChI is InChI=1S/C21H14BrN3O4/c1-28-16-6-3-14(4-7-16)21-24-18-11-15(5-9-20(18)29-21)23-12-13-2-8-17(22)19(10-13)25(26)27/h2-12H,1H3. The van der Waals surface area contributed by atoms with Crippen molar-refractivity contribution in [1.82, 2.24) is 4.98 Å². The van der Waals surface area contributed by atoms with Gasteiger partial charge in [-0.2, -0.15) is 0 Å². The van der Waals surface area contributed by atoms with Crippen molar-refractivity contribution in [2.75, 3.05) is 7.11 Å². The van der Waals surface area contributed by atoms with Crippen molar-refractivity contribution < 1.29 is 14.1 Å². The predicted octanol–water partition coefficient (Wildman–Crippen LogP) is 5.92. The molecule has 29 heavy (non-hydrogen) atoms. The van der Waals surface area contributed by atoms with Gasteiger partial charge in [-0.3, -0.25) is 15.1 Å². The Balaban J connectivity index is 1.61. The molecule has 1 aromatic heterocycles. The molecule has 0 N–H and O–H groups in total. The second-order valence-corrected chi connectivity index (χ2v) is 6.98. The highest BCUT2D eigenvalue weighted by molar-refractivity contribution is 9.10. The van der Waals surface area contributed by atoms with E-state index in [4.69, 9.17) is 9.15 Å². The Hall–Kier alpha value is -3.52. The van der Waals surface area contributed by atoms with Gasteiger partial charge < -0.3 is 9.15 Å². The summed E-state index contributed by atoms with van der Waals surface area (Å²) in [7, 11) is 1.61. The highest BCUT2D eigenvalue weighted by Crippen LogP contribution is 2.29. The second-order valence-electron chi connectivity index (χ2n) is 6.13. The molecule has 0 amide bonds. The fraction of sp³-hybridized carbons (Fsp3) is 0.0476. The van der Waals surface area contributed by atoms with E-state index in [1.165, 1.54) is 6.07 Å². The van der Waals surface area contributed by atoms with Crippen LogP contribution >= 0.6 is 15.9 Å². The van der Waals surface area contributed by atoms with E-state index in [0.29, 0.717) is 32.7 Å². The first-order valence-corrected chi connectivity index (χ1v) is 9.36.